The van der Waals surface area contributed by atoms with Gasteiger partial charge in [0, 0.05) is 25.4 Å². The molecule has 1 heterocycles. The lowest BCUT2D eigenvalue weighted by Crippen LogP contribution is -2.51. The maximum Gasteiger partial charge on any atom is 0.321 e. The second-order valence-electron chi connectivity index (χ2n) is 4.84. The van der Waals surface area contributed by atoms with E-state index in [-0.39, 0.29) is 17.6 Å². The topological polar surface area (TPSA) is 57.6 Å². The number of Topliss-reactive ketones (excluding diaryl/α,β-unsaturated/α-hetero) is 1. The Labute approximate surface area is 96.6 Å². The number of aliphatic carboxylic acids is 1. The number of nitrogens with zero attached hydrogens (tertiary/aromatic N) is 1. The number of ketones is 1. The lowest BCUT2D eigenvalue weighted by molar-refractivity contribution is -0.147. The number of rotatable bonds is 4. The van der Waals surface area contributed by atoms with Crippen molar-refractivity contribution >= 4 is 11.8 Å². The van der Waals surface area contributed by atoms with Crippen LogP contribution in [0.3, 0.4) is 0 Å². The first-order chi connectivity index (χ1) is 7.47. The first kappa shape index (κ1) is 13.2. The third kappa shape index (κ3) is 2.82. The Kier molecular flexibility index (Phi) is 4.47. The van der Waals surface area contributed by atoms with Gasteiger partial charge in [-0.3, -0.25) is 14.5 Å². The highest BCUT2D eigenvalue weighted by Gasteiger charge is 2.34. The predicted molar refractivity (Wildman–Crippen MR) is 61.2 cm³/mol. The molecule has 0 radical (unpaired) electrons. The second-order valence-corrected chi connectivity index (χ2v) is 4.84. The fourth-order valence-electron chi connectivity index (χ4n) is 2.41. The normalized spacial score (nSPS) is 24.8. The highest BCUT2D eigenvalue weighted by molar-refractivity contribution is 5.82. The third-order valence-corrected chi connectivity index (χ3v) is 3.33. The van der Waals surface area contributed by atoms with E-state index in [1.54, 1.807) is 0 Å². The van der Waals surface area contributed by atoms with Gasteiger partial charge in [-0.1, -0.05) is 20.8 Å². The molecule has 1 aliphatic heterocycles. The summed E-state index contributed by atoms with van der Waals surface area (Å²) in [4.78, 5) is 24.7. The van der Waals surface area contributed by atoms with Crippen LogP contribution in [0.5, 0.6) is 0 Å². The van der Waals surface area contributed by atoms with Crippen LogP contribution in [0.25, 0.3) is 0 Å². The quantitative estimate of drug-likeness (QED) is 0.788. The van der Waals surface area contributed by atoms with Gasteiger partial charge < -0.3 is 5.11 Å². The average molecular weight is 227 g/mol. The van der Waals surface area contributed by atoms with Crippen molar-refractivity contribution < 1.29 is 14.7 Å². The molecule has 0 aromatic rings. The minimum atomic E-state index is -0.779. The van der Waals surface area contributed by atoms with Gasteiger partial charge in [-0.2, -0.15) is 0 Å². The number of likely N-dealkylation sites (tertiary alicyclic amines) is 1. The SMILES string of the molecule is CCC1CN(C(C(=O)O)C(C)C)CCC1=O. The number of carbonyl (C=O) groups is 2. The molecule has 1 N–H and O–H groups in total. The summed E-state index contributed by atoms with van der Waals surface area (Å²) in [5.74, 6) is -0.400. The molecular weight excluding hydrogens is 206 g/mol. The molecule has 0 amide bonds. The van der Waals surface area contributed by atoms with Gasteiger partial charge in [-0.15, -0.1) is 0 Å². The van der Waals surface area contributed by atoms with Crippen LogP contribution in [0.4, 0.5) is 0 Å². The standard InChI is InChI=1S/C12H21NO3/c1-4-9-7-13(6-5-10(9)14)11(8(2)3)12(15)16/h8-9,11H,4-7H2,1-3H3,(H,15,16). The van der Waals surface area contributed by atoms with E-state index in [4.69, 9.17) is 0 Å². The highest BCUT2D eigenvalue weighted by atomic mass is 16.4. The average Bonchev–Trinajstić information content (AvgIpc) is 2.19. The molecule has 4 heteroatoms. The van der Waals surface area contributed by atoms with E-state index in [9.17, 15) is 14.7 Å². The molecule has 4 nitrogen and oxygen atoms in total. The van der Waals surface area contributed by atoms with Gasteiger partial charge in [-0.05, 0) is 12.3 Å². The van der Waals surface area contributed by atoms with Gasteiger partial charge in [-0.25, -0.2) is 0 Å². The van der Waals surface area contributed by atoms with Gasteiger partial charge in [0.05, 0.1) is 0 Å². The number of hydrogen-bond acceptors (Lipinski definition) is 3. The van der Waals surface area contributed by atoms with E-state index < -0.39 is 12.0 Å². The molecule has 0 bridgehead atoms. The van der Waals surface area contributed by atoms with E-state index in [1.807, 2.05) is 25.7 Å². The van der Waals surface area contributed by atoms with Gasteiger partial charge in [0.25, 0.3) is 0 Å². The van der Waals surface area contributed by atoms with Crippen molar-refractivity contribution in [3.8, 4) is 0 Å². The molecule has 1 aliphatic rings. The van der Waals surface area contributed by atoms with Crippen molar-refractivity contribution in [2.24, 2.45) is 11.8 Å². The van der Waals surface area contributed by atoms with Gasteiger partial charge in [0.15, 0.2) is 0 Å². The van der Waals surface area contributed by atoms with E-state index in [0.29, 0.717) is 19.5 Å². The fourth-order valence-corrected chi connectivity index (χ4v) is 2.41. The molecule has 16 heavy (non-hydrogen) atoms. The molecule has 1 saturated heterocycles. The van der Waals surface area contributed by atoms with Gasteiger partial charge in [0.2, 0.25) is 0 Å². The van der Waals surface area contributed by atoms with Crippen molar-refractivity contribution in [3.05, 3.63) is 0 Å². The Morgan fingerprint density at radius 3 is 2.62 bits per heavy atom. The minimum Gasteiger partial charge on any atom is -0.480 e. The van der Waals surface area contributed by atoms with E-state index >= 15 is 0 Å². The van der Waals surface area contributed by atoms with Crippen LogP contribution in [0, 0.1) is 11.8 Å². The minimum absolute atomic E-state index is 0.0225. The molecule has 1 fully saturated rings. The number of hydrogen-bond donors (Lipinski definition) is 1. The van der Waals surface area contributed by atoms with Crippen LogP contribution in [0.1, 0.15) is 33.6 Å². The Hall–Kier alpha value is -0.900. The predicted octanol–water partition coefficient (Wildman–Crippen LogP) is 1.40. The first-order valence-electron chi connectivity index (χ1n) is 5.97. The zero-order valence-corrected chi connectivity index (χ0v) is 10.3. The van der Waals surface area contributed by atoms with Crippen molar-refractivity contribution in [3.63, 3.8) is 0 Å². The second kappa shape index (κ2) is 5.43. The van der Waals surface area contributed by atoms with E-state index in [2.05, 4.69) is 0 Å². The molecular formula is C12H21NO3. The number of piperidine rings is 1. The summed E-state index contributed by atoms with van der Waals surface area (Å²) in [5.41, 5.74) is 0. The summed E-state index contributed by atoms with van der Waals surface area (Å²) in [7, 11) is 0. The monoisotopic (exact) mass is 227 g/mol. The molecule has 0 aromatic carbocycles. The summed E-state index contributed by atoms with van der Waals surface area (Å²) >= 11 is 0. The number of carbonyl (C=O) groups excluding carboxylic acids is 1. The third-order valence-electron chi connectivity index (χ3n) is 3.33. The Bertz CT molecular complexity index is 275. The smallest absolute Gasteiger partial charge is 0.321 e. The Morgan fingerprint density at radius 1 is 1.56 bits per heavy atom. The van der Waals surface area contributed by atoms with E-state index in [0.717, 1.165) is 6.42 Å². The molecule has 92 valence electrons. The fraction of sp³-hybridized carbons (Fsp3) is 0.833. The van der Waals surface area contributed by atoms with Crippen LogP contribution in [0.2, 0.25) is 0 Å². The van der Waals surface area contributed by atoms with Crippen molar-refractivity contribution in [1.82, 2.24) is 4.90 Å². The van der Waals surface area contributed by atoms with Crippen LogP contribution in [-0.2, 0) is 9.59 Å². The van der Waals surface area contributed by atoms with Gasteiger partial charge in [0.1, 0.15) is 11.8 Å². The summed E-state index contributed by atoms with van der Waals surface area (Å²) in [6, 6.07) is -0.456. The van der Waals surface area contributed by atoms with Gasteiger partial charge >= 0.3 is 5.97 Å². The van der Waals surface area contributed by atoms with Crippen LogP contribution >= 0.6 is 0 Å². The largest absolute Gasteiger partial charge is 0.480 e. The Balaban J connectivity index is 2.72. The maximum atomic E-state index is 11.6. The molecule has 0 aromatic heterocycles. The summed E-state index contributed by atoms with van der Waals surface area (Å²) in [6.45, 7) is 7.00. The first-order valence-corrected chi connectivity index (χ1v) is 5.97. The molecule has 0 spiro atoms. The molecule has 0 aliphatic carbocycles. The van der Waals surface area contributed by atoms with Crippen LogP contribution in [-0.4, -0.2) is 40.9 Å². The van der Waals surface area contributed by atoms with Crippen molar-refractivity contribution in [2.75, 3.05) is 13.1 Å². The Morgan fingerprint density at radius 2 is 2.19 bits per heavy atom. The number of carboxylic acids is 1. The molecule has 0 saturated carbocycles. The van der Waals surface area contributed by atoms with Crippen molar-refractivity contribution in [1.29, 1.82) is 0 Å². The zero-order valence-electron chi connectivity index (χ0n) is 10.3. The zero-order chi connectivity index (χ0) is 12.3. The van der Waals surface area contributed by atoms with Crippen LogP contribution < -0.4 is 0 Å². The molecule has 2 unspecified atom stereocenters. The molecule has 1 rings (SSSR count). The summed E-state index contributed by atoms with van der Waals surface area (Å²) in [5, 5.41) is 9.19. The molecule has 2 atom stereocenters. The van der Waals surface area contributed by atoms with Crippen LogP contribution in [0.15, 0.2) is 0 Å². The highest BCUT2D eigenvalue weighted by Crippen LogP contribution is 2.21. The number of carboxylic acid groups (broad SMARTS) is 1. The summed E-state index contributed by atoms with van der Waals surface area (Å²) in [6.07, 6.45) is 1.30. The lowest BCUT2D eigenvalue weighted by Gasteiger charge is -2.37. The maximum absolute atomic E-state index is 11.6. The lowest BCUT2D eigenvalue weighted by atomic mass is 9.91. The van der Waals surface area contributed by atoms with Crippen molar-refractivity contribution in [2.45, 2.75) is 39.7 Å². The summed E-state index contributed by atoms with van der Waals surface area (Å²) < 4.78 is 0. The van der Waals surface area contributed by atoms with E-state index in [1.165, 1.54) is 0 Å².